The average molecular weight is 1260 g/mol. The van der Waals surface area contributed by atoms with Crippen LogP contribution in [-0.4, -0.2) is 14.1 Å². The van der Waals surface area contributed by atoms with Crippen LogP contribution in [0.2, 0.25) is 0 Å². The molecule has 0 aliphatic rings. The molecule has 0 aliphatic heterocycles. The van der Waals surface area contributed by atoms with Gasteiger partial charge in [0.2, 0.25) is 0 Å². The first-order valence-electron chi connectivity index (χ1n) is 44.0. The summed E-state index contributed by atoms with van der Waals surface area (Å²) in [6.45, 7) is 19.0. The normalized spacial score (nSPS) is 15.9. The van der Waals surface area contributed by atoms with E-state index in [1.165, 1.54) is 22.8 Å². The minimum atomic E-state index is -0.992. The number of hydrogen-bond donors (Lipinski definition) is 0. The van der Waals surface area contributed by atoms with Gasteiger partial charge in [-0.15, -0.1) is 0 Å². The van der Waals surface area contributed by atoms with Crippen LogP contribution in [0.1, 0.15) is 115 Å². The van der Waals surface area contributed by atoms with Gasteiger partial charge >= 0.3 is 0 Å². The minimum Gasteiger partial charge on any atom is -0.458 e. The number of imidazole rings is 1. The van der Waals surface area contributed by atoms with Crippen molar-refractivity contribution in [2.75, 3.05) is 0 Å². The zero-order valence-electron chi connectivity index (χ0n) is 79.5. The first-order valence-corrected chi connectivity index (χ1v) is 31.0. The third-order valence-electron chi connectivity index (χ3n) is 16.8. The number of benzene rings is 12. The van der Waals surface area contributed by atoms with Crippen LogP contribution in [0.4, 0.5) is 0 Å². The third-order valence-corrected chi connectivity index (χ3v) is 16.8. The smallest absolute Gasteiger partial charge is 0.269 e. The molecular weight excluding hydrogens is 1150 g/mol. The number of rotatable bonds is 12. The highest BCUT2D eigenvalue weighted by molar-refractivity contribution is 6.09. The molecule has 0 unspecified atom stereocenters. The average Bonchev–Trinajstić information content (AvgIpc) is 1.53. The number of hydrogen-bond acceptors (Lipinski definition) is 2. The van der Waals surface area contributed by atoms with E-state index in [1.54, 1.807) is 41.1 Å². The molecule has 3 aromatic heterocycles. The summed E-state index contributed by atoms with van der Waals surface area (Å²) in [6.07, 6.45) is 5.32. The second-order valence-electron chi connectivity index (χ2n) is 26.3. The fourth-order valence-electron chi connectivity index (χ4n) is 11.8. The summed E-state index contributed by atoms with van der Waals surface area (Å²) in [5.74, 6) is 1.38. The van der Waals surface area contributed by atoms with Crippen LogP contribution < -0.4 is 9.30 Å². The molecule has 95 heavy (non-hydrogen) atoms. The summed E-state index contributed by atoms with van der Waals surface area (Å²) in [5.41, 5.74) is -2.72. The SMILES string of the molecule is [2H]c1c([2H])c([2H])c(-c2c([2H])c(-c3cccc(-c4c([2H])c(-c5c([2H])c([2H])c([2H])c([2H])c5[2H])c([2H])c(-c5c([2H])c([2H])c([2H])c([2H])c5[2H])c4[2H])c3-[n+]3[c-]n(-c4cccc(Oc5ccc6c7ccccc7n(-c7cc(C(C)(C)C)ccn7)c6c5)c4)c4cc(-c5cc(C(C)(C)C)cc(C(C)(C)C)c5)ccc43)c([2H])c(-c3c([2H])c([2H])c([2H])c([2H])c3[2H])c2[2H])c([2H])c1[2H]. The van der Waals surface area contributed by atoms with Gasteiger partial charge in [0, 0.05) is 23.0 Å². The molecule has 0 radical (unpaired) electrons. The Balaban J connectivity index is 1.12. The lowest BCUT2D eigenvalue weighted by Gasteiger charge is -2.26. The number of fused-ring (bicyclic) bond motifs is 4. The van der Waals surface area contributed by atoms with Crippen molar-refractivity contribution in [1.29, 1.82) is 0 Å². The van der Waals surface area contributed by atoms with Crippen LogP contribution >= 0.6 is 0 Å². The minimum absolute atomic E-state index is 0.174. The Morgan fingerprint density at radius 3 is 1.41 bits per heavy atom. The van der Waals surface area contributed by atoms with Gasteiger partial charge in [-0.1, -0.05) is 256 Å². The molecule has 0 bridgehead atoms. The quantitative estimate of drug-likeness (QED) is 0.0903. The fraction of sp³-hybridized carbons (Fsp3) is 0.133. The second-order valence-corrected chi connectivity index (χ2v) is 26.3. The summed E-state index contributed by atoms with van der Waals surface area (Å²) >= 11 is 0. The first kappa shape index (κ1) is 37.5. The molecule has 0 saturated carbocycles. The summed E-state index contributed by atoms with van der Waals surface area (Å²) < 4.78 is 257. The van der Waals surface area contributed by atoms with Crippen LogP contribution in [-0.2, 0) is 16.2 Å². The van der Waals surface area contributed by atoms with Gasteiger partial charge in [0.15, 0.2) is 0 Å². The van der Waals surface area contributed by atoms with Crippen LogP contribution in [0.25, 0.3) is 128 Å². The number of nitrogens with zero attached hydrogens (tertiary/aromatic N) is 4. The number of aromatic nitrogens is 4. The highest BCUT2D eigenvalue weighted by Crippen LogP contribution is 2.43. The van der Waals surface area contributed by atoms with Crippen LogP contribution in [0.3, 0.4) is 0 Å². The molecule has 0 N–H and O–H groups in total. The van der Waals surface area contributed by atoms with Gasteiger partial charge < -0.3 is 4.74 Å². The fourth-order valence-corrected chi connectivity index (χ4v) is 11.8. The molecule has 462 valence electrons. The summed E-state index contributed by atoms with van der Waals surface area (Å²) in [4.78, 5) is 4.89. The van der Waals surface area contributed by atoms with E-state index in [1.807, 2.05) is 60.7 Å². The summed E-state index contributed by atoms with van der Waals surface area (Å²) in [5, 5.41) is 1.88. The molecule has 0 fully saturated rings. The van der Waals surface area contributed by atoms with Gasteiger partial charge in [-0.25, -0.2) is 4.98 Å². The molecule has 12 aromatic carbocycles. The van der Waals surface area contributed by atoms with Crippen molar-refractivity contribution in [3.8, 4) is 107 Å². The molecule has 0 saturated heterocycles. The van der Waals surface area contributed by atoms with Gasteiger partial charge in [-0.05, 0) is 202 Å². The van der Waals surface area contributed by atoms with Gasteiger partial charge in [0.05, 0.1) is 69.1 Å². The Labute approximate surface area is 595 Å². The Hall–Kier alpha value is -11.1. The maximum absolute atomic E-state index is 10.6. The van der Waals surface area contributed by atoms with E-state index in [0.717, 1.165) is 44.1 Å². The van der Waals surface area contributed by atoms with E-state index in [-0.39, 0.29) is 38.6 Å². The van der Waals surface area contributed by atoms with E-state index in [0.29, 0.717) is 34.1 Å². The molecule has 0 spiro atoms. The topological polar surface area (TPSA) is 35.9 Å². The summed E-state index contributed by atoms with van der Waals surface area (Å²) in [6, 6.07) is 16.2. The van der Waals surface area contributed by atoms with Gasteiger partial charge in [-0.3, -0.25) is 13.7 Å². The molecule has 15 aromatic rings. The van der Waals surface area contributed by atoms with Crippen molar-refractivity contribution in [1.82, 2.24) is 14.1 Å². The van der Waals surface area contributed by atoms with E-state index in [4.69, 9.17) is 26.2 Å². The van der Waals surface area contributed by atoms with E-state index >= 15 is 0 Å². The van der Waals surface area contributed by atoms with Crippen molar-refractivity contribution in [3.63, 3.8) is 0 Å². The van der Waals surface area contributed by atoms with Gasteiger partial charge in [0.25, 0.3) is 6.33 Å². The molecule has 5 nitrogen and oxygen atoms in total. The van der Waals surface area contributed by atoms with Crippen LogP contribution in [0.15, 0.2) is 297 Å². The lowest BCUT2D eigenvalue weighted by atomic mass is 9.79. The Bertz CT molecular complexity index is 6460. The van der Waals surface area contributed by atoms with Crippen molar-refractivity contribution >= 4 is 32.8 Å². The molecule has 3 heterocycles. The monoisotopic (exact) mass is 1250 g/mol. The van der Waals surface area contributed by atoms with Gasteiger partial charge in [0.1, 0.15) is 17.3 Å². The second kappa shape index (κ2) is 24.1. The molecule has 5 heteroatoms. The van der Waals surface area contributed by atoms with Gasteiger partial charge in [-0.2, -0.15) is 0 Å². The lowest BCUT2D eigenvalue weighted by Crippen LogP contribution is -2.31. The Morgan fingerprint density at radius 2 is 0.874 bits per heavy atom. The largest absolute Gasteiger partial charge is 0.458 e. The number of para-hydroxylation sites is 2. The predicted octanol–water partition coefficient (Wildman–Crippen LogP) is 23.6. The van der Waals surface area contributed by atoms with E-state index < -0.39 is 213 Å². The first-order chi connectivity index (χ1) is 56.8. The molecular formula is C90H76N4O. The Morgan fingerprint density at radius 1 is 0.379 bits per heavy atom. The van der Waals surface area contributed by atoms with Crippen LogP contribution in [0, 0.1) is 6.33 Å². The number of ether oxygens (including phenoxy) is 1. The van der Waals surface area contributed by atoms with E-state index in [2.05, 4.69) is 97.5 Å². The van der Waals surface area contributed by atoms with Crippen molar-refractivity contribution in [2.24, 2.45) is 0 Å². The third kappa shape index (κ3) is 11.8. The maximum atomic E-state index is 10.6. The van der Waals surface area contributed by atoms with Crippen molar-refractivity contribution < 1.29 is 44.9 Å². The predicted molar refractivity (Wildman–Crippen MR) is 396 cm³/mol. The zero-order valence-corrected chi connectivity index (χ0v) is 53.5. The molecule has 0 amide bonds. The lowest BCUT2D eigenvalue weighted by molar-refractivity contribution is -0.571. The maximum Gasteiger partial charge on any atom is 0.269 e. The van der Waals surface area contributed by atoms with Crippen molar-refractivity contribution in [3.05, 3.63) is 320 Å². The van der Waals surface area contributed by atoms with Crippen LogP contribution in [0.5, 0.6) is 11.5 Å². The molecule has 0 aliphatic carbocycles. The Kier molecular flexibility index (Phi) is 9.51. The van der Waals surface area contributed by atoms with Crippen molar-refractivity contribution in [2.45, 2.75) is 78.6 Å². The number of pyridine rings is 1. The summed E-state index contributed by atoms with van der Waals surface area (Å²) in [7, 11) is 0. The molecule has 0 atom stereocenters. The highest BCUT2D eigenvalue weighted by atomic mass is 16.5. The van der Waals surface area contributed by atoms with E-state index in [9.17, 15) is 19.2 Å². The molecule has 15 rings (SSSR count). The highest BCUT2D eigenvalue weighted by Gasteiger charge is 2.26. The standard InChI is InChI=1S/C90H76N4O/c1-88(2,3)72-44-45-91-86(56-72)94-82-39-23-22-36-80(82)81-42-41-77(58-84(81)94)95-76-35-24-34-75(57-76)92-59-93(83-43-40-64(54-85(83)92)69-52-73(89(4,5)6)55-74(53-69)90(7,8)9)87-78(70-48-65(60-26-14-10-15-27-60)46-66(49-70)61-28-16-11-17-29-61)37-25-38-79(87)71-50-67(62-30-18-12-19-31-62)47-68(51-71)63-32-20-13-21-33-63/h10-58H,1-9H3/i10D,11D,12D,13D,14D,15D,16D,17D,18D,19D,20D,21D,26D,27D,28D,29D,30D,31D,32D,33D,46D,47D,48D,49D,50D,51D. The zero-order chi connectivity index (χ0) is 87.8.